The molecule has 0 bridgehead atoms. The number of benzene rings is 1. The van der Waals surface area contributed by atoms with E-state index in [1.54, 1.807) is 6.92 Å². The van der Waals surface area contributed by atoms with Crippen LogP contribution in [0.25, 0.3) is 0 Å². The molecule has 0 fully saturated rings. The van der Waals surface area contributed by atoms with E-state index in [-0.39, 0.29) is 16.3 Å². The zero-order chi connectivity index (χ0) is 14.0. The standard InChI is InChI=1S/C11H12FN3O3S/c1-7-8(6-16)11(14-13-7)19(17,18)15-10-5-3-2-4-9(10)12/h2-5,15-16H,6H2,1H3,(H,13,14). The topological polar surface area (TPSA) is 95.1 Å². The Morgan fingerprint density at radius 1 is 1.42 bits per heavy atom. The molecule has 0 unspecified atom stereocenters. The first-order valence-corrected chi connectivity index (χ1v) is 6.86. The average molecular weight is 285 g/mol. The molecule has 0 aliphatic carbocycles. The number of anilines is 1. The largest absolute Gasteiger partial charge is 0.392 e. The van der Waals surface area contributed by atoms with Gasteiger partial charge in [-0.3, -0.25) is 9.82 Å². The first kappa shape index (κ1) is 13.5. The minimum Gasteiger partial charge on any atom is -0.392 e. The van der Waals surface area contributed by atoms with Crippen LogP contribution in [-0.4, -0.2) is 23.7 Å². The monoisotopic (exact) mass is 285 g/mol. The Balaban J connectivity index is 2.41. The van der Waals surface area contributed by atoms with E-state index in [9.17, 15) is 12.8 Å². The number of sulfonamides is 1. The SMILES string of the molecule is Cc1[nH]nc(S(=O)(=O)Nc2ccccc2F)c1CO. The van der Waals surface area contributed by atoms with Crippen molar-refractivity contribution in [3.63, 3.8) is 0 Å². The number of rotatable bonds is 4. The first-order valence-electron chi connectivity index (χ1n) is 5.37. The maximum Gasteiger partial charge on any atom is 0.281 e. The molecular weight excluding hydrogens is 273 g/mol. The van der Waals surface area contributed by atoms with Crippen LogP contribution in [0.15, 0.2) is 29.3 Å². The predicted octanol–water partition coefficient (Wildman–Crippen LogP) is 1.15. The number of aryl methyl sites for hydroxylation is 1. The summed E-state index contributed by atoms with van der Waals surface area (Å²) in [4.78, 5) is 0. The normalized spacial score (nSPS) is 11.5. The Kier molecular flexibility index (Phi) is 3.54. The smallest absolute Gasteiger partial charge is 0.281 e. The van der Waals surface area contributed by atoms with E-state index in [0.717, 1.165) is 6.07 Å². The van der Waals surface area contributed by atoms with Crippen molar-refractivity contribution in [3.05, 3.63) is 41.3 Å². The van der Waals surface area contributed by atoms with E-state index in [1.165, 1.54) is 18.2 Å². The molecule has 19 heavy (non-hydrogen) atoms. The van der Waals surface area contributed by atoms with Crippen LogP contribution in [0.1, 0.15) is 11.3 Å². The number of aromatic amines is 1. The Labute approximate surface area is 109 Å². The van der Waals surface area contributed by atoms with Crippen LogP contribution < -0.4 is 4.72 Å². The lowest BCUT2D eigenvalue weighted by molar-refractivity contribution is 0.277. The molecule has 8 heteroatoms. The predicted molar refractivity (Wildman–Crippen MR) is 66.5 cm³/mol. The van der Waals surface area contributed by atoms with Crippen LogP contribution in [0, 0.1) is 12.7 Å². The minimum absolute atomic E-state index is 0.156. The lowest BCUT2D eigenvalue weighted by Gasteiger charge is -2.07. The minimum atomic E-state index is -4.05. The van der Waals surface area contributed by atoms with Gasteiger partial charge < -0.3 is 5.11 Å². The molecule has 0 saturated carbocycles. The molecule has 0 saturated heterocycles. The van der Waals surface area contributed by atoms with Gasteiger partial charge in [0.05, 0.1) is 12.3 Å². The summed E-state index contributed by atoms with van der Waals surface area (Å²) < 4.78 is 39.7. The Hall–Kier alpha value is -1.93. The van der Waals surface area contributed by atoms with Crippen molar-refractivity contribution in [2.45, 2.75) is 18.6 Å². The van der Waals surface area contributed by atoms with Crippen LogP contribution in [-0.2, 0) is 16.6 Å². The van der Waals surface area contributed by atoms with E-state index in [4.69, 9.17) is 5.11 Å². The molecule has 1 heterocycles. The number of nitrogens with zero attached hydrogens (tertiary/aromatic N) is 1. The van der Waals surface area contributed by atoms with Crippen molar-refractivity contribution < 1.29 is 17.9 Å². The quantitative estimate of drug-likeness (QED) is 0.785. The molecule has 0 aliphatic heterocycles. The van der Waals surface area contributed by atoms with Gasteiger partial charge in [0.15, 0.2) is 0 Å². The summed E-state index contributed by atoms with van der Waals surface area (Å²) in [5, 5.41) is 14.9. The lowest BCUT2D eigenvalue weighted by Crippen LogP contribution is -2.16. The summed E-state index contributed by atoms with van der Waals surface area (Å²) in [5.41, 5.74) is 0.423. The number of H-pyrrole nitrogens is 1. The molecule has 3 N–H and O–H groups in total. The van der Waals surface area contributed by atoms with Gasteiger partial charge in [-0.1, -0.05) is 12.1 Å². The van der Waals surface area contributed by atoms with Crippen molar-refractivity contribution >= 4 is 15.7 Å². The summed E-state index contributed by atoms with van der Waals surface area (Å²) >= 11 is 0. The number of halogens is 1. The maximum absolute atomic E-state index is 13.4. The molecule has 1 aromatic heterocycles. The third-order valence-electron chi connectivity index (χ3n) is 2.57. The van der Waals surface area contributed by atoms with E-state index in [1.807, 2.05) is 0 Å². The highest BCUT2D eigenvalue weighted by Gasteiger charge is 2.24. The number of nitrogens with one attached hydrogen (secondary N) is 2. The number of hydrogen-bond acceptors (Lipinski definition) is 4. The van der Waals surface area contributed by atoms with E-state index in [0.29, 0.717) is 5.69 Å². The number of para-hydroxylation sites is 1. The Morgan fingerprint density at radius 2 is 2.11 bits per heavy atom. The molecule has 6 nitrogen and oxygen atoms in total. The summed E-state index contributed by atoms with van der Waals surface area (Å²) in [7, 11) is -4.05. The third kappa shape index (κ3) is 2.59. The van der Waals surface area contributed by atoms with Gasteiger partial charge in [0.25, 0.3) is 10.0 Å². The zero-order valence-corrected chi connectivity index (χ0v) is 10.8. The average Bonchev–Trinajstić information content (AvgIpc) is 2.74. The Bertz CT molecular complexity index is 697. The second-order valence-corrected chi connectivity index (χ2v) is 5.47. The van der Waals surface area contributed by atoms with Gasteiger partial charge in [0.2, 0.25) is 5.03 Å². The number of aromatic nitrogens is 2. The van der Waals surface area contributed by atoms with Gasteiger partial charge in [0.1, 0.15) is 5.82 Å². The van der Waals surface area contributed by atoms with Gasteiger partial charge in [-0.2, -0.15) is 13.5 Å². The summed E-state index contributed by atoms with van der Waals surface area (Å²) in [5.74, 6) is -0.691. The van der Waals surface area contributed by atoms with Crippen LogP contribution >= 0.6 is 0 Å². The molecule has 1 aromatic carbocycles. The highest BCUT2D eigenvalue weighted by Crippen LogP contribution is 2.21. The van der Waals surface area contributed by atoms with Crippen molar-refractivity contribution in [2.75, 3.05) is 4.72 Å². The summed E-state index contributed by atoms with van der Waals surface area (Å²) in [6, 6.07) is 5.39. The van der Waals surface area contributed by atoms with Gasteiger partial charge in [-0.25, -0.2) is 4.39 Å². The first-order chi connectivity index (χ1) is 8.95. The van der Waals surface area contributed by atoms with Gasteiger partial charge in [0, 0.05) is 11.3 Å². The molecule has 0 atom stereocenters. The highest BCUT2D eigenvalue weighted by molar-refractivity contribution is 7.92. The maximum atomic E-state index is 13.4. The van der Waals surface area contributed by atoms with Crippen LogP contribution in [0.5, 0.6) is 0 Å². The van der Waals surface area contributed by atoms with Crippen molar-refractivity contribution in [1.29, 1.82) is 0 Å². The third-order valence-corrected chi connectivity index (χ3v) is 3.90. The van der Waals surface area contributed by atoms with E-state index < -0.39 is 22.4 Å². The fraction of sp³-hybridized carbons (Fsp3) is 0.182. The van der Waals surface area contributed by atoms with E-state index in [2.05, 4.69) is 14.9 Å². The molecule has 2 rings (SSSR count). The molecule has 102 valence electrons. The molecule has 0 amide bonds. The van der Waals surface area contributed by atoms with E-state index >= 15 is 0 Å². The second kappa shape index (κ2) is 4.98. The molecular formula is C11H12FN3O3S. The second-order valence-electron chi connectivity index (χ2n) is 3.88. The summed E-state index contributed by atoms with van der Waals surface area (Å²) in [6.07, 6.45) is 0. The van der Waals surface area contributed by atoms with Crippen LogP contribution in [0.2, 0.25) is 0 Å². The fourth-order valence-corrected chi connectivity index (χ4v) is 2.84. The van der Waals surface area contributed by atoms with Crippen molar-refractivity contribution in [2.24, 2.45) is 0 Å². The van der Waals surface area contributed by atoms with Crippen LogP contribution in [0.3, 0.4) is 0 Å². The van der Waals surface area contributed by atoms with Crippen molar-refractivity contribution in [3.8, 4) is 0 Å². The number of hydrogen-bond donors (Lipinski definition) is 3. The molecule has 0 aliphatic rings. The Morgan fingerprint density at radius 3 is 2.74 bits per heavy atom. The lowest BCUT2D eigenvalue weighted by atomic mass is 10.3. The summed E-state index contributed by atoms with van der Waals surface area (Å²) in [6.45, 7) is 1.11. The van der Waals surface area contributed by atoms with Gasteiger partial charge >= 0.3 is 0 Å². The molecule has 2 aromatic rings. The molecule has 0 radical (unpaired) electrons. The zero-order valence-electron chi connectivity index (χ0n) is 10.0. The van der Waals surface area contributed by atoms with Crippen molar-refractivity contribution in [1.82, 2.24) is 10.2 Å². The van der Waals surface area contributed by atoms with Gasteiger partial charge in [-0.05, 0) is 19.1 Å². The number of aliphatic hydroxyl groups is 1. The highest BCUT2D eigenvalue weighted by atomic mass is 32.2. The fourth-order valence-electron chi connectivity index (χ4n) is 1.58. The van der Waals surface area contributed by atoms with Gasteiger partial charge in [-0.15, -0.1) is 0 Å². The number of aliphatic hydroxyl groups excluding tert-OH is 1. The molecule has 0 spiro atoms. The van der Waals surface area contributed by atoms with Crippen LogP contribution in [0.4, 0.5) is 10.1 Å².